The molecule has 0 saturated carbocycles. The highest BCUT2D eigenvalue weighted by molar-refractivity contribution is 5.46. The number of methoxy groups -OCH3 is 5. The van der Waals surface area contributed by atoms with Crippen LogP contribution in [-0.4, -0.2) is 35.5 Å². The van der Waals surface area contributed by atoms with Gasteiger partial charge in [-0.3, -0.25) is 0 Å². The summed E-state index contributed by atoms with van der Waals surface area (Å²) in [5.41, 5.74) is 21.7. The lowest BCUT2D eigenvalue weighted by Crippen LogP contribution is -2.16. The van der Waals surface area contributed by atoms with Gasteiger partial charge in [0.05, 0.1) is 46.7 Å². The van der Waals surface area contributed by atoms with Gasteiger partial charge in [-0.15, -0.1) is 0 Å². The van der Waals surface area contributed by atoms with Crippen molar-refractivity contribution in [2.24, 2.45) is 0 Å². The quantitative estimate of drug-likeness (QED) is 0.142. The lowest BCUT2D eigenvalue weighted by atomic mass is 9.83. The minimum atomic E-state index is -4.27. The first-order chi connectivity index (χ1) is 45.5. The summed E-state index contributed by atoms with van der Waals surface area (Å²) in [5.74, 6) is 5.39. The normalized spacial score (nSPS) is 10.9. The molecule has 0 saturated heterocycles. The van der Waals surface area contributed by atoms with Crippen molar-refractivity contribution in [2.45, 2.75) is 222 Å². The van der Waals surface area contributed by atoms with Crippen molar-refractivity contribution in [3.8, 4) is 28.7 Å². The molecule has 13 heteroatoms. The second-order valence-electron chi connectivity index (χ2n) is 27.5. The molecule has 0 N–H and O–H groups in total. The average Bonchev–Trinajstić information content (AvgIpc) is 0.818. The summed E-state index contributed by atoms with van der Waals surface area (Å²) in [6.45, 7) is 53.7. The van der Waals surface area contributed by atoms with Gasteiger partial charge in [0.1, 0.15) is 40.4 Å². The first kappa shape index (κ1) is 89.2. The number of alkyl halides is 6. The lowest BCUT2D eigenvalue weighted by Gasteiger charge is -2.23. The monoisotopic (exact) mass is 1380 g/mol. The summed E-state index contributed by atoms with van der Waals surface area (Å²) in [6, 6.07) is 31.5. The largest absolute Gasteiger partial charge is 0.497 e. The summed E-state index contributed by atoms with van der Waals surface area (Å²) in [7, 11) is 8.19. The van der Waals surface area contributed by atoms with Crippen LogP contribution in [0.5, 0.6) is 28.7 Å². The molecule has 0 heterocycles. The van der Waals surface area contributed by atoms with E-state index in [9.17, 15) is 35.1 Å². The number of hydrogen-bond donors (Lipinski definition) is 0. The van der Waals surface area contributed by atoms with Crippen molar-refractivity contribution >= 4 is 0 Å². The smallest absolute Gasteiger partial charge is 0.416 e. The Morgan fingerprint density at radius 2 is 0.556 bits per heavy atom. The molecule has 0 atom stereocenters. The Kier molecular flexibility index (Phi) is 35.9. The van der Waals surface area contributed by atoms with E-state index in [4.69, 9.17) is 23.7 Å². The zero-order valence-electron chi connectivity index (χ0n) is 65.6. The fourth-order valence-corrected chi connectivity index (χ4v) is 10.4. The summed E-state index contributed by atoms with van der Waals surface area (Å²) < 4.78 is 127. The molecule has 0 radical (unpaired) electrons. The maximum atomic E-state index is 12.9. The average molecular weight is 1380 g/mol. The molecule has 0 aromatic heterocycles. The van der Waals surface area contributed by atoms with E-state index in [1.165, 1.54) is 119 Å². The van der Waals surface area contributed by atoms with Gasteiger partial charge in [-0.2, -0.15) is 26.3 Å². The van der Waals surface area contributed by atoms with Gasteiger partial charge in [0.2, 0.25) is 0 Å². The van der Waals surface area contributed by atoms with Gasteiger partial charge >= 0.3 is 12.4 Å². The third kappa shape index (κ3) is 28.0. The minimum absolute atomic E-state index is 0.207. The van der Waals surface area contributed by atoms with Gasteiger partial charge in [-0.05, 0) is 325 Å². The highest BCUT2D eigenvalue weighted by Crippen LogP contribution is 2.38. The second-order valence-corrected chi connectivity index (χ2v) is 27.5. The molecule has 0 aliphatic rings. The third-order valence-corrected chi connectivity index (χ3v) is 18.1. The van der Waals surface area contributed by atoms with E-state index in [2.05, 4.69) is 158 Å². The Morgan fingerprint density at radius 3 is 0.848 bits per heavy atom. The molecule has 0 spiro atoms. The Morgan fingerprint density at radius 1 is 0.283 bits per heavy atom. The minimum Gasteiger partial charge on any atom is -0.497 e. The van der Waals surface area contributed by atoms with Crippen LogP contribution >= 0.6 is 0 Å². The molecular formula is C86H116F8O5. The predicted octanol–water partition coefficient (Wildman–Crippen LogP) is 26.1. The van der Waals surface area contributed by atoms with Crippen LogP contribution in [0.1, 0.15) is 214 Å². The van der Waals surface area contributed by atoms with Crippen molar-refractivity contribution in [3.05, 3.63) is 248 Å². The van der Waals surface area contributed by atoms with Gasteiger partial charge in [0, 0.05) is 12.1 Å². The van der Waals surface area contributed by atoms with Gasteiger partial charge in [-0.25, -0.2) is 8.78 Å². The maximum absolute atomic E-state index is 12.9. The van der Waals surface area contributed by atoms with Crippen LogP contribution in [0.25, 0.3) is 0 Å². The Hall–Kier alpha value is -7.80. The molecule has 5 nitrogen and oxygen atoms in total. The highest BCUT2D eigenvalue weighted by atomic mass is 19.4. The Labute approximate surface area is 591 Å². The van der Waals surface area contributed by atoms with Gasteiger partial charge in [0.15, 0.2) is 0 Å². The van der Waals surface area contributed by atoms with E-state index in [1.807, 2.05) is 52.8 Å². The third-order valence-electron chi connectivity index (χ3n) is 18.1. The van der Waals surface area contributed by atoms with E-state index in [0.717, 1.165) is 33.9 Å². The molecule has 0 fully saturated rings. The molecule has 99 heavy (non-hydrogen) atoms. The van der Waals surface area contributed by atoms with Crippen LogP contribution < -0.4 is 23.7 Å². The molecule has 8 rings (SSSR count). The number of halogens is 8. The topological polar surface area (TPSA) is 46.2 Å². The number of benzene rings is 8. The maximum Gasteiger partial charge on any atom is 0.416 e. The highest BCUT2D eigenvalue weighted by Gasteiger charge is 2.35. The second kappa shape index (κ2) is 39.9. The first-order valence-electron chi connectivity index (χ1n) is 33.5. The lowest BCUT2D eigenvalue weighted by molar-refractivity contribution is -0.139. The Balaban J connectivity index is 0.000000567. The molecule has 8 aromatic carbocycles. The van der Waals surface area contributed by atoms with E-state index in [0.29, 0.717) is 68.2 Å². The van der Waals surface area contributed by atoms with E-state index < -0.39 is 23.5 Å². The fourth-order valence-electron chi connectivity index (χ4n) is 10.4. The predicted molar refractivity (Wildman–Crippen MR) is 400 cm³/mol. The van der Waals surface area contributed by atoms with Crippen molar-refractivity contribution in [3.63, 3.8) is 0 Å². The van der Waals surface area contributed by atoms with E-state index in [1.54, 1.807) is 62.0 Å². The van der Waals surface area contributed by atoms with Crippen LogP contribution in [0, 0.1) is 136 Å². The van der Waals surface area contributed by atoms with E-state index >= 15 is 0 Å². The van der Waals surface area contributed by atoms with E-state index in [-0.39, 0.29) is 17.0 Å². The molecule has 0 amide bonds. The van der Waals surface area contributed by atoms with Crippen LogP contribution in [0.15, 0.2) is 103 Å². The molecular weight excluding hydrogens is 1260 g/mol. The van der Waals surface area contributed by atoms with Crippen molar-refractivity contribution in [2.75, 3.05) is 35.5 Å². The molecule has 0 unspecified atom stereocenters. The molecule has 8 aromatic rings. The van der Waals surface area contributed by atoms with Gasteiger partial charge in [0.25, 0.3) is 0 Å². The van der Waals surface area contributed by atoms with Gasteiger partial charge in [-0.1, -0.05) is 98.2 Å². The van der Waals surface area contributed by atoms with Crippen LogP contribution in [0.2, 0.25) is 0 Å². The first-order valence-corrected chi connectivity index (χ1v) is 33.5. The van der Waals surface area contributed by atoms with Gasteiger partial charge < -0.3 is 23.7 Å². The zero-order valence-corrected chi connectivity index (χ0v) is 65.6. The number of hydrogen-bond acceptors (Lipinski definition) is 5. The summed E-state index contributed by atoms with van der Waals surface area (Å²) in [6.07, 6.45) is -8.50. The summed E-state index contributed by atoms with van der Waals surface area (Å²) in [4.78, 5) is 0. The molecule has 0 aliphatic heterocycles. The van der Waals surface area contributed by atoms with Crippen molar-refractivity contribution in [1.82, 2.24) is 0 Å². The SMILES string of the molecule is COc1cc(C)c(C)c(C(C)C)c1.COc1cc(C)c(C)c(C(C)C)c1.COc1cc(C)c(C)c(C)c1.COc1cc(C)c(C)c(F)c1.COc1cc(C)c(C)c(F)c1.Cc1cc(C(C)(C)C)cc(C(F)(F)F)c1C.Cc1cc(C)c(C)c(C(F)(F)F)c1.Cc1cccc(C(C)C)c1C. The number of ether oxygens (including phenoxy) is 5. The zero-order chi connectivity index (χ0) is 76.7. The standard InChI is InChI=1S/C13H17F3.2C12H18O.C11H16.C10H11F3.C10H14O.2C9H11FO/c1-8-6-10(12(3,4)5)7-11(9(8)2)13(14,15)16;2*1-8(2)12-7-11(13-5)6-9(3)10(12)4;1-8(2)11-7-5-6-9(3)10(11)4;1-6-4-7(2)8(3)9(5-6)10(11,12)13;1-7-5-10(11-4)6-8(2)9(7)3;2*1-6-4-8(11-3)5-9(10)7(6)2/h6-7H,1-5H3;2*6-8H,1-5H3;5-8H,1-4H3;4-5H,1-3H3;5-6H,1-4H3;2*4-5H,1-3H3. The molecule has 0 aliphatic carbocycles. The molecule has 0 bridgehead atoms. The van der Waals surface area contributed by atoms with Crippen molar-refractivity contribution < 1.29 is 58.8 Å². The van der Waals surface area contributed by atoms with Crippen LogP contribution in [-0.2, 0) is 17.8 Å². The summed E-state index contributed by atoms with van der Waals surface area (Å²) in [5, 5.41) is 0. The van der Waals surface area contributed by atoms with Crippen LogP contribution in [0.3, 0.4) is 0 Å². The fraction of sp³-hybridized carbons (Fsp3) is 0.442. The Bertz CT molecular complexity index is 3610. The number of aryl methyl sites for hydroxylation is 10. The summed E-state index contributed by atoms with van der Waals surface area (Å²) >= 11 is 0. The number of rotatable bonds is 8. The van der Waals surface area contributed by atoms with Crippen LogP contribution in [0.4, 0.5) is 35.1 Å². The van der Waals surface area contributed by atoms with Crippen molar-refractivity contribution in [1.29, 1.82) is 0 Å². The molecule has 546 valence electrons.